The van der Waals surface area contributed by atoms with Gasteiger partial charge >= 0.3 is 0 Å². The van der Waals surface area contributed by atoms with E-state index < -0.39 is 14.1 Å². The number of hydrogen-bond acceptors (Lipinski definition) is 4. The predicted molar refractivity (Wildman–Crippen MR) is 92.0 cm³/mol. The van der Waals surface area contributed by atoms with Crippen molar-refractivity contribution < 1.29 is 18.6 Å². The summed E-state index contributed by atoms with van der Waals surface area (Å²) in [6.45, 7) is 18.0. The molecular formula is C17H32O4Si. The fourth-order valence-corrected chi connectivity index (χ4v) is 3.34. The highest BCUT2D eigenvalue weighted by molar-refractivity contribution is 6.74. The van der Waals surface area contributed by atoms with Crippen LogP contribution in [0.1, 0.15) is 40.5 Å². The average molecular weight is 329 g/mol. The molecule has 0 amide bonds. The van der Waals surface area contributed by atoms with Crippen molar-refractivity contribution in [3.8, 4) is 0 Å². The fraction of sp³-hybridized carbons (Fsp3) is 0.765. The normalized spacial score (nSPS) is 18.6. The van der Waals surface area contributed by atoms with Gasteiger partial charge in [0.2, 0.25) is 5.79 Å². The molecular weight excluding hydrogens is 296 g/mol. The van der Waals surface area contributed by atoms with Gasteiger partial charge in [-0.1, -0.05) is 26.8 Å². The summed E-state index contributed by atoms with van der Waals surface area (Å²) in [5.74, 6) is -0.576. The molecule has 1 atom stereocenters. The van der Waals surface area contributed by atoms with Crippen LogP contribution in [0.5, 0.6) is 0 Å². The van der Waals surface area contributed by atoms with Gasteiger partial charge in [0, 0.05) is 13.3 Å². The van der Waals surface area contributed by atoms with Crippen LogP contribution in [-0.2, 0) is 18.6 Å². The minimum absolute atomic E-state index is 0.0467. The number of rotatable bonds is 9. The molecule has 5 heteroatoms. The van der Waals surface area contributed by atoms with Crippen molar-refractivity contribution in [3.63, 3.8) is 0 Å². The van der Waals surface area contributed by atoms with Crippen LogP contribution >= 0.6 is 0 Å². The zero-order valence-corrected chi connectivity index (χ0v) is 16.0. The number of ether oxygens (including phenoxy) is 3. The maximum Gasteiger partial charge on any atom is 0.247 e. The van der Waals surface area contributed by atoms with Gasteiger partial charge in [0.1, 0.15) is 12.5 Å². The van der Waals surface area contributed by atoms with Crippen LogP contribution in [0.4, 0.5) is 0 Å². The molecule has 0 spiro atoms. The highest BCUT2D eigenvalue weighted by Gasteiger charge is 2.40. The Bertz CT molecular complexity index is 377. The van der Waals surface area contributed by atoms with Gasteiger partial charge in [-0.3, -0.25) is 0 Å². The molecule has 0 aromatic carbocycles. The summed E-state index contributed by atoms with van der Waals surface area (Å²) in [4.78, 5) is 0. The van der Waals surface area contributed by atoms with E-state index in [0.29, 0.717) is 13.2 Å². The molecule has 1 rings (SSSR count). The largest absolute Gasteiger partial charge is 0.457 e. The predicted octanol–water partition coefficient (Wildman–Crippen LogP) is 4.59. The molecule has 0 aromatic rings. The molecule has 0 aromatic heterocycles. The molecule has 1 aliphatic rings. The van der Waals surface area contributed by atoms with Crippen LogP contribution in [0.3, 0.4) is 0 Å². The summed E-state index contributed by atoms with van der Waals surface area (Å²) in [6.07, 6.45) is 6.59. The molecule has 0 radical (unpaired) electrons. The first-order valence-corrected chi connectivity index (χ1v) is 10.9. The Kier molecular flexibility index (Phi) is 6.71. The summed E-state index contributed by atoms with van der Waals surface area (Å²) in [5.41, 5.74) is 0. The summed E-state index contributed by atoms with van der Waals surface area (Å²) in [6, 6.07) is 0. The summed E-state index contributed by atoms with van der Waals surface area (Å²) in [5, 5.41) is 0.176. The van der Waals surface area contributed by atoms with Gasteiger partial charge in [-0.05, 0) is 24.6 Å². The van der Waals surface area contributed by atoms with Crippen LogP contribution in [0, 0.1) is 0 Å². The van der Waals surface area contributed by atoms with Crippen molar-refractivity contribution in [2.75, 3.05) is 13.2 Å². The molecule has 1 aliphatic heterocycles. The van der Waals surface area contributed by atoms with Crippen LogP contribution in [0.15, 0.2) is 25.2 Å². The second-order valence-corrected chi connectivity index (χ2v) is 12.3. The Hall–Kier alpha value is -0.783. The molecule has 0 aliphatic carbocycles. The fourth-order valence-electron chi connectivity index (χ4n) is 1.96. The Labute approximate surface area is 136 Å². The molecule has 0 saturated heterocycles. The van der Waals surface area contributed by atoms with E-state index in [9.17, 15) is 0 Å². The van der Waals surface area contributed by atoms with E-state index in [-0.39, 0.29) is 11.1 Å². The first-order valence-electron chi connectivity index (χ1n) is 7.97. The van der Waals surface area contributed by atoms with Gasteiger partial charge in [0.15, 0.2) is 8.32 Å². The summed E-state index contributed by atoms with van der Waals surface area (Å²) >= 11 is 0. The quantitative estimate of drug-likeness (QED) is 0.352. The lowest BCUT2D eigenvalue weighted by Gasteiger charge is -2.39. The third kappa shape index (κ3) is 5.78. The topological polar surface area (TPSA) is 36.9 Å². The van der Waals surface area contributed by atoms with Crippen molar-refractivity contribution in [1.82, 2.24) is 0 Å². The molecule has 4 nitrogen and oxygen atoms in total. The van der Waals surface area contributed by atoms with E-state index in [1.54, 1.807) is 18.6 Å². The minimum Gasteiger partial charge on any atom is -0.457 e. The lowest BCUT2D eigenvalue weighted by atomic mass is 10.1. The lowest BCUT2D eigenvalue weighted by molar-refractivity contribution is -0.136. The van der Waals surface area contributed by atoms with Crippen LogP contribution in [-0.4, -0.2) is 33.4 Å². The van der Waals surface area contributed by atoms with E-state index >= 15 is 0 Å². The van der Waals surface area contributed by atoms with Crippen molar-refractivity contribution >= 4 is 8.32 Å². The molecule has 128 valence electrons. The van der Waals surface area contributed by atoms with Gasteiger partial charge in [0.05, 0.1) is 19.3 Å². The Morgan fingerprint density at radius 1 is 1.27 bits per heavy atom. The van der Waals surface area contributed by atoms with Crippen LogP contribution in [0.2, 0.25) is 18.1 Å². The van der Waals surface area contributed by atoms with Crippen LogP contribution < -0.4 is 0 Å². The van der Waals surface area contributed by atoms with Gasteiger partial charge in [-0.25, -0.2) is 0 Å². The minimum atomic E-state index is -1.83. The SMILES string of the molecule is C=CCOC[C@H](CCC1(C)OC=CO1)O[Si](C)(C)C(C)(C)C. The molecule has 0 saturated carbocycles. The summed E-state index contributed by atoms with van der Waals surface area (Å²) < 4.78 is 23.2. The van der Waals surface area contributed by atoms with E-state index in [1.807, 2.05) is 6.92 Å². The van der Waals surface area contributed by atoms with Gasteiger partial charge in [-0.2, -0.15) is 0 Å². The molecule has 0 unspecified atom stereocenters. The number of hydrogen-bond donors (Lipinski definition) is 0. The Morgan fingerprint density at radius 3 is 2.36 bits per heavy atom. The average Bonchev–Trinajstić information content (AvgIpc) is 2.82. The monoisotopic (exact) mass is 328 g/mol. The van der Waals surface area contributed by atoms with Crippen molar-refractivity contribution in [1.29, 1.82) is 0 Å². The highest BCUT2D eigenvalue weighted by Crippen LogP contribution is 2.38. The third-order valence-corrected chi connectivity index (χ3v) is 8.95. The molecule has 1 heterocycles. The molecule has 0 bridgehead atoms. The van der Waals surface area contributed by atoms with Gasteiger partial charge in [0.25, 0.3) is 0 Å². The van der Waals surface area contributed by atoms with Gasteiger partial charge < -0.3 is 18.6 Å². The van der Waals surface area contributed by atoms with Crippen molar-refractivity contribution in [2.24, 2.45) is 0 Å². The molecule has 0 N–H and O–H groups in total. The summed E-state index contributed by atoms with van der Waals surface area (Å²) in [7, 11) is -1.83. The highest BCUT2D eigenvalue weighted by atomic mass is 28.4. The smallest absolute Gasteiger partial charge is 0.247 e. The second-order valence-electron chi connectivity index (χ2n) is 7.51. The van der Waals surface area contributed by atoms with E-state index in [1.165, 1.54) is 0 Å². The zero-order valence-electron chi connectivity index (χ0n) is 15.0. The van der Waals surface area contributed by atoms with Crippen LogP contribution in [0.25, 0.3) is 0 Å². The second kappa shape index (κ2) is 7.66. The Balaban J connectivity index is 2.60. The maximum absolute atomic E-state index is 6.50. The van der Waals surface area contributed by atoms with E-state index in [0.717, 1.165) is 12.8 Å². The first-order chi connectivity index (χ1) is 10.1. The maximum atomic E-state index is 6.50. The van der Waals surface area contributed by atoms with E-state index in [4.69, 9.17) is 18.6 Å². The first kappa shape index (κ1) is 19.3. The molecule has 22 heavy (non-hydrogen) atoms. The third-order valence-electron chi connectivity index (χ3n) is 4.42. The standard InChI is InChI=1S/C17H32O4Si/c1-8-11-18-14-15(21-22(6,7)16(2,3)4)9-10-17(5)19-12-13-20-17/h8,12-13,15H,1,9-11,14H2,2-7H3/t15-/m0/s1. The van der Waals surface area contributed by atoms with Gasteiger partial charge in [-0.15, -0.1) is 6.58 Å². The van der Waals surface area contributed by atoms with Crippen molar-refractivity contribution in [3.05, 3.63) is 25.2 Å². The Morgan fingerprint density at radius 2 is 1.86 bits per heavy atom. The van der Waals surface area contributed by atoms with Crippen molar-refractivity contribution in [2.45, 2.75) is 70.6 Å². The zero-order chi connectivity index (χ0) is 16.9. The molecule has 0 fully saturated rings. The lowest BCUT2D eigenvalue weighted by Crippen LogP contribution is -2.45. The van der Waals surface area contributed by atoms with E-state index in [2.05, 4.69) is 40.4 Å².